The third-order valence-electron chi connectivity index (χ3n) is 7.54. The van der Waals surface area contributed by atoms with E-state index in [2.05, 4.69) is 84.9 Å². The Hall–Kier alpha value is -4.92. The van der Waals surface area contributed by atoms with Crippen molar-refractivity contribution in [3.63, 3.8) is 0 Å². The van der Waals surface area contributed by atoms with Crippen LogP contribution in [0.5, 0.6) is 0 Å². The summed E-state index contributed by atoms with van der Waals surface area (Å²) in [6.07, 6.45) is 0. The Bertz CT molecular complexity index is 2420. The molecular formula is C38H25NS. The van der Waals surface area contributed by atoms with Gasteiger partial charge in [-0.3, -0.25) is 0 Å². The summed E-state index contributed by atoms with van der Waals surface area (Å²) in [4.78, 5) is 1.82. The third-order valence-corrected chi connectivity index (χ3v) is 8.67. The fraction of sp³-hybridized carbons (Fsp3) is 0. The van der Waals surface area contributed by atoms with E-state index >= 15 is 0 Å². The van der Waals surface area contributed by atoms with Crippen LogP contribution in [0.3, 0.4) is 0 Å². The zero-order valence-corrected chi connectivity index (χ0v) is 22.2. The second-order valence-corrected chi connectivity index (χ2v) is 10.9. The highest BCUT2D eigenvalue weighted by molar-refractivity contribution is 7.26. The lowest BCUT2D eigenvalue weighted by Gasteiger charge is -2.26. The SMILES string of the molecule is [2H]c1c([2H])c([2H])c(N(c2ccc(-c3cc4ccccc4c4ccccc34)cc2)c2cccc3sc4ccccc4c23)c([2H])c1[2H]. The predicted molar refractivity (Wildman–Crippen MR) is 174 cm³/mol. The molecule has 40 heavy (non-hydrogen) atoms. The molecule has 8 aromatic rings. The summed E-state index contributed by atoms with van der Waals surface area (Å²) in [5.41, 5.74) is 3.71. The monoisotopic (exact) mass is 532 g/mol. The summed E-state index contributed by atoms with van der Waals surface area (Å²) >= 11 is 1.68. The first-order valence-corrected chi connectivity index (χ1v) is 14.0. The van der Waals surface area contributed by atoms with Crippen molar-refractivity contribution in [2.24, 2.45) is 0 Å². The van der Waals surface area contributed by atoms with Crippen molar-refractivity contribution < 1.29 is 6.85 Å². The number of rotatable bonds is 4. The fourth-order valence-corrected chi connectivity index (χ4v) is 6.90. The number of hydrogen-bond donors (Lipinski definition) is 0. The summed E-state index contributed by atoms with van der Waals surface area (Å²) < 4.78 is 45.2. The zero-order valence-electron chi connectivity index (χ0n) is 26.4. The van der Waals surface area contributed by atoms with E-state index in [1.807, 2.05) is 41.3 Å². The highest BCUT2D eigenvalue weighted by atomic mass is 32.1. The molecule has 0 saturated carbocycles. The summed E-state index contributed by atoms with van der Waals surface area (Å²) in [6.45, 7) is 0. The van der Waals surface area contributed by atoms with Gasteiger partial charge in [0.15, 0.2) is 0 Å². The molecule has 2 heteroatoms. The molecule has 0 aliphatic carbocycles. The lowest BCUT2D eigenvalue weighted by Crippen LogP contribution is -2.10. The Morgan fingerprint density at radius 2 is 1.20 bits per heavy atom. The van der Waals surface area contributed by atoms with E-state index in [0.29, 0.717) is 5.69 Å². The van der Waals surface area contributed by atoms with Gasteiger partial charge in [0.2, 0.25) is 0 Å². The number of fused-ring (bicyclic) bond motifs is 6. The van der Waals surface area contributed by atoms with E-state index < -0.39 is 6.04 Å². The maximum atomic E-state index is 8.93. The van der Waals surface area contributed by atoms with E-state index in [-0.39, 0.29) is 29.9 Å². The van der Waals surface area contributed by atoms with E-state index in [1.54, 1.807) is 11.3 Å². The molecule has 1 nitrogen and oxygen atoms in total. The third kappa shape index (κ3) is 3.69. The van der Waals surface area contributed by atoms with Crippen molar-refractivity contribution in [3.05, 3.63) is 152 Å². The minimum atomic E-state index is -0.411. The van der Waals surface area contributed by atoms with Crippen LogP contribution in [0.25, 0.3) is 52.8 Å². The maximum Gasteiger partial charge on any atom is 0.0645 e. The van der Waals surface area contributed by atoms with Gasteiger partial charge < -0.3 is 4.90 Å². The van der Waals surface area contributed by atoms with E-state index in [4.69, 9.17) is 6.85 Å². The van der Waals surface area contributed by atoms with Crippen molar-refractivity contribution in [1.29, 1.82) is 0 Å². The molecular weight excluding hydrogens is 502 g/mol. The lowest BCUT2D eigenvalue weighted by atomic mass is 9.93. The first-order valence-electron chi connectivity index (χ1n) is 15.7. The Balaban J connectivity index is 1.38. The topological polar surface area (TPSA) is 3.24 Å². The average Bonchev–Trinajstić information content (AvgIpc) is 3.47. The summed E-state index contributed by atoms with van der Waals surface area (Å²) in [6, 6.07) is 39.6. The fourth-order valence-electron chi connectivity index (χ4n) is 5.77. The molecule has 0 radical (unpaired) electrons. The number of para-hydroxylation sites is 1. The molecule has 0 saturated heterocycles. The lowest BCUT2D eigenvalue weighted by molar-refractivity contribution is 1.30. The van der Waals surface area contributed by atoms with Crippen LogP contribution < -0.4 is 4.90 Å². The van der Waals surface area contributed by atoms with Crippen LogP contribution in [0.15, 0.2) is 152 Å². The molecule has 1 aromatic heterocycles. The first kappa shape index (κ1) is 18.4. The Labute approximate surface area is 244 Å². The van der Waals surface area contributed by atoms with E-state index in [1.165, 1.54) is 10.8 Å². The van der Waals surface area contributed by atoms with Crippen molar-refractivity contribution >= 4 is 70.1 Å². The minimum absolute atomic E-state index is 0.118. The van der Waals surface area contributed by atoms with Crippen LogP contribution in [0.4, 0.5) is 17.1 Å². The molecule has 188 valence electrons. The van der Waals surface area contributed by atoms with Gasteiger partial charge in [0.25, 0.3) is 0 Å². The van der Waals surface area contributed by atoms with Crippen LogP contribution in [-0.4, -0.2) is 0 Å². The predicted octanol–water partition coefficient (Wildman–Crippen LogP) is 11.5. The smallest absolute Gasteiger partial charge is 0.0645 e. The van der Waals surface area contributed by atoms with Crippen molar-refractivity contribution in [2.75, 3.05) is 4.90 Å². The molecule has 0 bridgehead atoms. The number of hydrogen-bond acceptors (Lipinski definition) is 2. The van der Waals surface area contributed by atoms with Gasteiger partial charge in [-0.2, -0.15) is 0 Å². The largest absolute Gasteiger partial charge is 0.310 e. The zero-order chi connectivity index (χ0) is 30.8. The summed E-state index contributed by atoms with van der Waals surface area (Å²) in [5.74, 6) is 0. The van der Waals surface area contributed by atoms with Gasteiger partial charge in [-0.25, -0.2) is 0 Å². The van der Waals surface area contributed by atoms with Gasteiger partial charge in [-0.15, -0.1) is 11.3 Å². The van der Waals surface area contributed by atoms with Crippen molar-refractivity contribution in [3.8, 4) is 11.1 Å². The molecule has 1 heterocycles. The van der Waals surface area contributed by atoms with Crippen LogP contribution in [-0.2, 0) is 0 Å². The number of nitrogens with zero attached hydrogens (tertiary/aromatic N) is 1. The molecule has 0 unspecified atom stereocenters. The standard InChI is InChI=1S/C38H25NS/c1-2-12-28(13-3-1)39(35-18-10-20-37-38(35)33-17-8-9-19-36(33)40-37)29-23-21-26(22-24-29)34-25-27-11-4-5-14-30(27)31-15-6-7-16-32(31)34/h1-25H/i1D,2D,3D,12D,13D. The Morgan fingerprint density at radius 1 is 0.525 bits per heavy atom. The molecule has 0 amide bonds. The van der Waals surface area contributed by atoms with Crippen LogP contribution in [0.2, 0.25) is 0 Å². The molecule has 0 atom stereocenters. The van der Waals surface area contributed by atoms with Crippen LogP contribution in [0.1, 0.15) is 6.85 Å². The number of benzene rings is 7. The second kappa shape index (κ2) is 9.37. The molecule has 0 spiro atoms. The van der Waals surface area contributed by atoms with E-state index in [9.17, 15) is 0 Å². The van der Waals surface area contributed by atoms with E-state index in [0.717, 1.165) is 47.8 Å². The van der Waals surface area contributed by atoms with Gasteiger partial charge >= 0.3 is 0 Å². The van der Waals surface area contributed by atoms with Gasteiger partial charge in [0.05, 0.1) is 12.5 Å². The van der Waals surface area contributed by atoms with Gasteiger partial charge in [0.1, 0.15) is 0 Å². The summed E-state index contributed by atoms with van der Waals surface area (Å²) in [5, 5.41) is 6.75. The van der Waals surface area contributed by atoms with Gasteiger partial charge in [-0.1, -0.05) is 103 Å². The molecule has 0 aliphatic rings. The molecule has 0 N–H and O–H groups in total. The van der Waals surface area contributed by atoms with Crippen LogP contribution in [0, 0.1) is 0 Å². The summed E-state index contributed by atoms with van der Waals surface area (Å²) in [7, 11) is 0. The second-order valence-electron chi connectivity index (χ2n) is 9.80. The highest BCUT2D eigenvalue weighted by Gasteiger charge is 2.18. The normalized spacial score (nSPS) is 13.2. The molecule has 0 fully saturated rings. The molecule has 0 aliphatic heterocycles. The van der Waals surface area contributed by atoms with Crippen molar-refractivity contribution in [2.45, 2.75) is 0 Å². The Kier molecular flexibility index (Phi) is 4.31. The number of anilines is 3. The minimum Gasteiger partial charge on any atom is -0.310 e. The van der Waals surface area contributed by atoms with Gasteiger partial charge in [-0.05, 0) is 81.2 Å². The average molecular weight is 533 g/mol. The van der Waals surface area contributed by atoms with Crippen LogP contribution >= 0.6 is 11.3 Å². The molecule has 7 aromatic carbocycles. The quantitative estimate of drug-likeness (QED) is 0.204. The van der Waals surface area contributed by atoms with Crippen molar-refractivity contribution in [1.82, 2.24) is 0 Å². The van der Waals surface area contributed by atoms with Gasteiger partial charge in [0, 0.05) is 31.5 Å². The first-order chi connectivity index (χ1) is 21.9. The Morgan fingerprint density at radius 3 is 2.02 bits per heavy atom. The number of thiophene rings is 1. The molecule has 8 rings (SSSR count). The maximum absolute atomic E-state index is 8.93. The highest BCUT2D eigenvalue weighted by Crippen LogP contribution is 2.45.